The second kappa shape index (κ2) is 9.75. The highest BCUT2D eigenvalue weighted by Gasteiger charge is 2.30. The van der Waals surface area contributed by atoms with Crippen molar-refractivity contribution in [1.29, 1.82) is 0 Å². The van der Waals surface area contributed by atoms with Gasteiger partial charge in [-0.05, 0) is 61.5 Å². The molecule has 3 aromatic carbocycles. The van der Waals surface area contributed by atoms with E-state index in [4.69, 9.17) is 21.1 Å². The molecular weight excluding hydrogens is 431 g/mol. The Morgan fingerprint density at radius 1 is 1.00 bits per heavy atom. The molecule has 1 N–H and O–H groups in total. The van der Waals surface area contributed by atoms with Crippen molar-refractivity contribution in [3.05, 3.63) is 88.4 Å². The Hall–Kier alpha value is -3.19. The number of ether oxygens (including phenoxy) is 2. The number of alkyl halides is 3. The molecule has 4 nitrogen and oxygen atoms in total. The molecule has 3 aromatic rings. The number of benzene rings is 3. The highest BCUT2D eigenvalue weighted by atomic mass is 35.5. The van der Waals surface area contributed by atoms with Crippen LogP contribution in [0.25, 0.3) is 0 Å². The SMILES string of the molecule is CCOc1ccc(C(=O)Nc2cccc(C(F)(F)F)c2)cc1COc1cccc(Cl)c1. The van der Waals surface area contributed by atoms with E-state index >= 15 is 0 Å². The van der Waals surface area contributed by atoms with Crippen LogP contribution in [-0.2, 0) is 12.8 Å². The molecule has 0 saturated carbocycles. The van der Waals surface area contributed by atoms with E-state index < -0.39 is 17.6 Å². The van der Waals surface area contributed by atoms with Crippen molar-refractivity contribution in [3.63, 3.8) is 0 Å². The summed E-state index contributed by atoms with van der Waals surface area (Å²) in [4.78, 5) is 12.6. The predicted molar refractivity (Wildman–Crippen MR) is 113 cm³/mol. The number of amides is 1. The lowest BCUT2D eigenvalue weighted by molar-refractivity contribution is -0.137. The first-order valence-corrected chi connectivity index (χ1v) is 9.77. The molecular formula is C23H19ClF3NO3. The summed E-state index contributed by atoms with van der Waals surface area (Å²) in [7, 11) is 0. The number of hydrogen-bond acceptors (Lipinski definition) is 3. The molecule has 0 heterocycles. The van der Waals surface area contributed by atoms with Crippen LogP contribution in [0.4, 0.5) is 18.9 Å². The molecule has 0 aliphatic rings. The first kappa shape index (κ1) is 22.5. The van der Waals surface area contributed by atoms with Gasteiger partial charge in [-0.15, -0.1) is 0 Å². The average molecular weight is 450 g/mol. The number of carbonyl (C=O) groups is 1. The fourth-order valence-corrected chi connectivity index (χ4v) is 3.00. The first-order chi connectivity index (χ1) is 14.8. The number of anilines is 1. The van der Waals surface area contributed by atoms with E-state index in [1.807, 2.05) is 6.92 Å². The molecule has 8 heteroatoms. The zero-order valence-corrected chi connectivity index (χ0v) is 17.3. The largest absolute Gasteiger partial charge is 0.493 e. The Morgan fingerprint density at radius 3 is 2.48 bits per heavy atom. The highest BCUT2D eigenvalue weighted by Crippen LogP contribution is 2.31. The van der Waals surface area contributed by atoms with Crippen LogP contribution in [0.5, 0.6) is 11.5 Å². The van der Waals surface area contributed by atoms with Crippen LogP contribution in [0.3, 0.4) is 0 Å². The summed E-state index contributed by atoms with van der Waals surface area (Å²) < 4.78 is 50.0. The highest BCUT2D eigenvalue weighted by molar-refractivity contribution is 6.30. The maximum absolute atomic E-state index is 12.9. The van der Waals surface area contributed by atoms with Crippen LogP contribution in [-0.4, -0.2) is 12.5 Å². The second-order valence-electron chi connectivity index (χ2n) is 6.53. The number of nitrogens with one attached hydrogen (secondary N) is 1. The fraction of sp³-hybridized carbons (Fsp3) is 0.174. The van der Waals surface area contributed by atoms with Crippen LogP contribution < -0.4 is 14.8 Å². The summed E-state index contributed by atoms with van der Waals surface area (Å²) in [5, 5.41) is 3.02. The van der Waals surface area contributed by atoms with Gasteiger partial charge in [0.25, 0.3) is 5.91 Å². The van der Waals surface area contributed by atoms with Gasteiger partial charge in [0, 0.05) is 21.8 Å². The van der Waals surface area contributed by atoms with Gasteiger partial charge in [0.1, 0.15) is 18.1 Å². The molecule has 0 bridgehead atoms. The third kappa shape index (κ3) is 6.15. The van der Waals surface area contributed by atoms with Crippen molar-refractivity contribution in [2.24, 2.45) is 0 Å². The fourth-order valence-electron chi connectivity index (χ4n) is 2.82. The predicted octanol–water partition coefficient (Wildman–Crippen LogP) is 6.59. The zero-order valence-electron chi connectivity index (χ0n) is 16.5. The summed E-state index contributed by atoms with van der Waals surface area (Å²) in [5.74, 6) is 0.542. The van der Waals surface area contributed by atoms with Crippen LogP contribution in [0.15, 0.2) is 66.7 Å². The summed E-state index contributed by atoms with van der Waals surface area (Å²) in [6.07, 6.45) is -4.50. The van der Waals surface area contributed by atoms with Crippen molar-refractivity contribution < 1.29 is 27.4 Å². The average Bonchev–Trinajstić information content (AvgIpc) is 2.73. The topological polar surface area (TPSA) is 47.6 Å². The number of halogens is 4. The Bertz CT molecular complexity index is 1070. The minimum Gasteiger partial charge on any atom is -0.493 e. The third-order valence-electron chi connectivity index (χ3n) is 4.26. The molecule has 0 unspecified atom stereocenters. The molecule has 0 aromatic heterocycles. The van der Waals surface area contributed by atoms with Crippen LogP contribution in [0.1, 0.15) is 28.4 Å². The molecule has 162 valence electrons. The Kier molecular flexibility index (Phi) is 7.07. The van der Waals surface area contributed by atoms with Gasteiger partial charge < -0.3 is 14.8 Å². The van der Waals surface area contributed by atoms with Gasteiger partial charge in [0.05, 0.1) is 12.2 Å². The number of hydrogen-bond donors (Lipinski definition) is 1. The van der Waals surface area contributed by atoms with Crippen molar-refractivity contribution in [1.82, 2.24) is 0 Å². The lowest BCUT2D eigenvalue weighted by atomic mass is 10.1. The molecule has 0 fully saturated rings. The van der Waals surface area contributed by atoms with Crippen molar-refractivity contribution in [2.75, 3.05) is 11.9 Å². The van der Waals surface area contributed by atoms with E-state index in [-0.39, 0.29) is 17.9 Å². The smallest absolute Gasteiger partial charge is 0.416 e. The summed E-state index contributed by atoms with van der Waals surface area (Å²) >= 11 is 5.96. The van der Waals surface area contributed by atoms with Gasteiger partial charge >= 0.3 is 6.18 Å². The van der Waals surface area contributed by atoms with Gasteiger partial charge in [0.2, 0.25) is 0 Å². The molecule has 31 heavy (non-hydrogen) atoms. The maximum atomic E-state index is 12.9. The third-order valence-corrected chi connectivity index (χ3v) is 4.50. The minimum absolute atomic E-state index is 0.0467. The van der Waals surface area contributed by atoms with Gasteiger partial charge in [-0.2, -0.15) is 13.2 Å². The van der Waals surface area contributed by atoms with Crippen molar-refractivity contribution in [3.8, 4) is 11.5 Å². The van der Waals surface area contributed by atoms with E-state index in [1.165, 1.54) is 18.2 Å². The zero-order chi connectivity index (χ0) is 22.4. The molecule has 0 radical (unpaired) electrons. The van der Waals surface area contributed by atoms with Crippen molar-refractivity contribution in [2.45, 2.75) is 19.7 Å². The minimum atomic E-state index is -4.50. The summed E-state index contributed by atoms with van der Waals surface area (Å²) in [5.41, 5.74) is 0.0714. The first-order valence-electron chi connectivity index (χ1n) is 9.39. The van der Waals surface area contributed by atoms with Gasteiger partial charge in [0.15, 0.2) is 0 Å². The maximum Gasteiger partial charge on any atom is 0.416 e. The van der Waals surface area contributed by atoms with Crippen LogP contribution in [0, 0.1) is 0 Å². The summed E-state index contributed by atoms with van der Waals surface area (Å²) in [6.45, 7) is 2.36. The Morgan fingerprint density at radius 2 is 1.77 bits per heavy atom. The standard InChI is InChI=1S/C23H19ClF3NO3/c1-2-30-21-10-9-15(11-16(21)14-31-20-8-4-6-18(24)13-20)22(29)28-19-7-3-5-17(12-19)23(25,26)27/h3-13H,2,14H2,1H3,(H,28,29). The number of rotatable bonds is 7. The molecule has 0 aliphatic heterocycles. The quantitative estimate of drug-likeness (QED) is 0.442. The lowest BCUT2D eigenvalue weighted by Gasteiger charge is -2.14. The van der Waals surface area contributed by atoms with Gasteiger partial charge in [-0.25, -0.2) is 0 Å². The summed E-state index contributed by atoms with van der Waals surface area (Å²) in [6, 6.07) is 16.1. The van der Waals surface area contributed by atoms with Gasteiger partial charge in [-0.1, -0.05) is 23.7 Å². The molecule has 0 atom stereocenters. The molecule has 0 aliphatic carbocycles. The van der Waals surface area contributed by atoms with E-state index in [0.717, 1.165) is 12.1 Å². The van der Waals surface area contributed by atoms with E-state index in [2.05, 4.69) is 5.32 Å². The molecule has 0 saturated heterocycles. The van der Waals surface area contributed by atoms with E-state index in [9.17, 15) is 18.0 Å². The van der Waals surface area contributed by atoms with E-state index in [0.29, 0.717) is 28.7 Å². The lowest BCUT2D eigenvalue weighted by Crippen LogP contribution is -2.14. The second-order valence-corrected chi connectivity index (χ2v) is 6.97. The van der Waals surface area contributed by atoms with Crippen LogP contribution in [0.2, 0.25) is 5.02 Å². The molecule has 0 spiro atoms. The van der Waals surface area contributed by atoms with Crippen molar-refractivity contribution >= 4 is 23.2 Å². The normalized spacial score (nSPS) is 11.1. The Labute approximate surface area is 182 Å². The van der Waals surface area contributed by atoms with E-state index in [1.54, 1.807) is 36.4 Å². The Balaban J connectivity index is 1.79. The van der Waals surface area contributed by atoms with Crippen LogP contribution >= 0.6 is 11.6 Å². The monoisotopic (exact) mass is 449 g/mol. The number of carbonyl (C=O) groups excluding carboxylic acids is 1. The molecule has 1 amide bonds. The van der Waals surface area contributed by atoms with Gasteiger partial charge in [-0.3, -0.25) is 4.79 Å². The molecule has 3 rings (SSSR count).